The lowest BCUT2D eigenvalue weighted by atomic mass is 10.2. The summed E-state index contributed by atoms with van der Waals surface area (Å²) in [7, 11) is 0. The summed E-state index contributed by atoms with van der Waals surface area (Å²) in [6, 6.07) is 20.9. The van der Waals surface area contributed by atoms with Crippen LogP contribution in [-0.2, 0) is 13.2 Å². The minimum atomic E-state index is 0.592. The highest BCUT2D eigenvalue weighted by Gasteiger charge is 2.07. The third-order valence-electron chi connectivity index (χ3n) is 5.09. The molecule has 0 aliphatic heterocycles. The van der Waals surface area contributed by atoms with E-state index in [1.807, 2.05) is 24.3 Å². The predicted octanol–water partition coefficient (Wildman–Crippen LogP) is 8.08. The van der Waals surface area contributed by atoms with E-state index in [0.717, 1.165) is 41.8 Å². The van der Waals surface area contributed by atoms with Crippen LogP contribution in [0.5, 0.6) is 5.75 Å². The van der Waals surface area contributed by atoms with Gasteiger partial charge in [-0.3, -0.25) is 4.90 Å². The third-order valence-corrected chi connectivity index (χ3v) is 7.18. The molecule has 2 heterocycles. The van der Waals surface area contributed by atoms with Crippen LogP contribution in [0.25, 0.3) is 11.1 Å². The van der Waals surface area contributed by atoms with E-state index in [9.17, 15) is 0 Å². The van der Waals surface area contributed by atoms with E-state index in [1.165, 1.54) is 21.6 Å². The Hall–Kier alpha value is -2.36. The molecule has 0 fully saturated rings. The van der Waals surface area contributed by atoms with Gasteiger partial charge in [0.05, 0.1) is 6.54 Å². The van der Waals surface area contributed by atoms with Crippen LogP contribution in [-0.4, -0.2) is 18.0 Å². The van der Waals surface area contributed by atoms with Crippen molar-refractivity contribution in [1.29, 1.82) is 0 Å². The summed E-state index contributed by atoms with van der Waals surface area (Å²) in [4.78, 5) is 3.62. The fourth-order valence-electron chi connectivity index (χ4n) is 3.53. The van der Waals surface area contributed by atoms with Gasteiger partial charge in [0.25, 0.3) is 0 Å². The van der Waals surface area contributed by atoms with E-state index in [2.05, 4.69) is 92.1 Å². The van der Waals surface area contributed by atoms with Gasteiger partial charge in [0, 0.05) is 21.5 Å². The smallest absolute Gasteiger partial charge is 0.122 e. The number of rotatable bonds is 9. The van der Waals surface area contributed by atoms with Crippen molar-refractivity contribution in [2.45, 2.75) is 26.5 Å². The molecular weight excluding hydrogens is 510 g/mol. The largest absolute Gasteiger partial charge is 0.488 e. The quantitative estimate of drug-likeness (QED) is 0.201. The summed E-state index contributed by atoms with van der Waals surface area (Å²) in [6.45, 7) is 5.42. The number of halogens is 1. The maximum atomic E-state index is 6.12. The first-order valence-electron chi connectivity index (χ1n) is 11.0. The Balaban J connectivity index is 1.34. The first-order chi connectivity index (χ1) is 16.2. The predicted molar refractivity (Wildman–Crippen MR) is 145 cm³/mol. The zero-order valence-electron chi connectivity index (χ0n) is 18.6. The molecule has 168 valence electrons. The maximum absolute atomic E-state index is 6.12. The molecule has 0 unspecified atom stereocenters. The number of benzene rings is 2. The molecule has 0 aliphatic carbocycles. The van der Waals surface area contributed by atoms with Crippen molar-refractivity contribution in [2.24, 2.45) is 0 Å². The molecular formula is C28H26BrNOS2. The van der Waals surface area contributed by atoms with Crippen molar-refractivity contribution in [3.63, 3.8) is 0 Å². The highest BCUT2D eigenvalue weighted by Crippen LogP contribution is 2.28. The topological polar surface area (TPSA) is 12.5 Å². The van der Waals surface area contributed by atoms with Crippen molar-refractivity contribution in [2.75, 3.05) is 13.1 Å². The summed E-state index contributed by atoms with van der Waals surface area (Å²) in [5.74, 6) is 7.52. The van der Waals surface area contributed by atoms with Crippen LogP contribution in [0.4, 0.5) is 0 Å². The summed E-state index contributed by atoms with van der Waals surface area (Å²) in [5.41, 5.74) is 4.83. The zero-order valence-corrected chi connectivity index (χ0v) is 21.8. The van der Waals surface area contributed by atoms with E-state index in [-0.39, 0.29) is 0 Å². The lowest BCUT2D eigenvalue weighted by molar-refractivity contribution is 0.294. The van der Waals surface area contributed by atoms with Crippen molar-refractivity contribution in [3.8, 4) is 28.7 Å². The Morgan fingerprint density at radius 2 is 1.91 bits per heavy atom. The number of hydrogen-bond acceptors (Lipinski definition) is 4. The van der Waals surface area contributed by atoms with E-state index < -0.39 is 0 Å². The van der Waals surface area contributed by atoms with Gasteiger partial charge in [0.2, 0.25) is 0 Å². The standard InChI is InChI=1S/C28H26BrNOS2/c1-2-12-30(13-5-8-22-6-3-9-26(29)15-22)18-23-7-4-10-27(16-23)31-19-28-17-25(21-33-28)24-11-14-32-20-24/h3-4,6-7,9-11,14-17,20-21H,2,12-13,18-19H2,1H3. The molecule has 0 saturated heterocycles. The Morgan fingerprint density at radius 3 is 2.73 bits per heavy atom. The van der Waals surface area contributed by atoms with Gasteiger partial charge in [-0.25, -0.2) is 0 Å². The molecule has 4 rings (SSSR count). The SMILES string of the molecule is CCCN(CC#Cc1cccc(Br)c1)Cc1cccc(OCc2cc(-c3ccsc3)cs2)c1. The van der Waals surface area contributed by atoms with Crippen LogP contribution in [0.3, 0.4) is 0 Å². The van der Waals surface area contributed by atoms with Crippen LogP contribution < -0.4 is 4.74 Å². The van der Waals surface area contributed by atoms with Crippen molar-refractivity contribution < 1.29 is 4.74 Å². The highest BCUT2D eigenvalue weighted by molar-refractivity contribution is 9.10. The minimum absolute atomic E-state index is 0.592. The molecule has 33 heavy (non-hydrogen) atoms. The van der Waals surface area contributed by atoms with Crippen molar-refractivity contribution in [3.05, 3.63) is 97.3 Å². The zero-order chi connectivity index (χ0) is 22.9. The summed E-state index contributed by atoms with van der Waals surface area (Å²) in [5, 5.41) is 6.50. The summed E-state index contributed by atoms with van der Waals surface area (Å²) in [6.07, 6.45) is 1.10. The normalized spacial score (nSPS) is 10.8. The molecule has 2 aromatic heterocycles. The molecule has 2 aromatic carbocycles. The first kappa shape index (κ1) is 23.8. The Morgan fingerprint density at radius 1 is 1.00 bits per heavy atom. The molecule has 0 N–H and O–H groups in total. The Labute approximate surface area is 213 Å². The maximum Gasteiger partial charge on any atom is 0.122 e. The molecule has 4 aromatic rings. The fourth-order valence-corrected chi connectivity index (χ4v) is 5.40. The third kappa shape index (κ3) is 7.31. The van der Waals surface area contributed by atoms with Crippen LogP contribution in [0.2, 0.25) is 0 Å². The fraction of sp³-hybridized carbons (Fsp3) is 0.214. The summed E-state index contributed by atoms with van der Waals surface area (Å²) < 4.78 is 7.17. The molecule has 2 nitrogen and oxygen atoms in total. The van der Waals surface area contributed by atoms with Gasteiger partial charge < -0.3 is 4.74 Å². The van der Waals surface area contributed by atoms with Crippen molar-refractivity contribution >= 4 is 38.6 Å². The highest BCUT2D eigenvalue weighted by atomic mass is 79.9. The second kappa shape index (κ2) is 12.2. The van der Waals surface area contributed by atoms with Crippen molar-refractivity contribution in [1.82, 2.24) is 4.90 Å². The summed E-state index contributed by atoms with van der Waals surface area (Å²) >= 11 is 6.98. The Kier molecular flexibility index (Phi) is 8.79. The lowest BCUT2D eigenvalue weighted by Gasteiger charge is -2.19. The Bertz CT molecular complexity index is 1220. The molecule has 5 heteroatoms. The second-order valence-electron chi connectivity index (χ2n) is 7.77. The molecule has 0 amide bonds. The van der Waals surface area contributed by atoms with Gasteiger partial charge in [0.15, 0.2) is 0 Å². The second-order valence-corrected chi connectivity index (χ2v) is 10.5. The molecule has 0 spiro atoms. The first-order valence-corrected chi connectivity index (χ1v) is 13.6. The van der Waals surface area contributed by atoms with Gasteiger partial charge in [-0.15, -0.1) is 11.3 Å². The van der Waals surface area contributed by atoms with Gasteiger partial charge >= 0.3 is 0 Å². The van der Waals surface area contributed by atoms with Gasteiger partial charge in [0.1, 0.15) is 12.4 Å². The number of ether oxygens (including phenoxy) is 1. The van der Waals surface area contributed by atoms with Gasteiger partial charge in [-0.05, 0) is 88.3 Å². The molecule has 0 radical (unpaired) electrons. The molecule has 0 aliphatic rings. The average molecular weight is 537 g/mol. The number of hydrogen-bond donors (Lipinski definition) is 0. The van der Waals surface area contributed by atoms with Crippen LogP contribution in [0.1, 0.15) is 29.3 Å². The van der Waals surface area contributed by atoms with Gasteiger partial charge in [-0.1, -0.05) is 52.9 Å². The van der Waals surface area contributed by atoms with Crippen LogP contribution >= 0.6 is 38.6 Å². The minimum Gasteiger partial charge on any atom is -0.488 e. The lowest BCUT2D eigenvalue weighted by Crippen LogP contribution is -2.24. The monoisotopic (exact) mass is 535 g/mol. The van der Waals surface area contributed by atoms with E-state index >= 15 is 0 Å². The van der Waals surface area contributed by atoms with E-state index in [1.54, 1.807) is 22.7 Å². The molecule has 0 atom stereocenters. The number of nitrogens with zero attached hydrogens (tertiary/aromatic N) is 1. The molecule has 0 saturated carbocycles. The average Bonchev–Trinajstić information content (AvgIpc) is 3.50. The van der Waals surface area contributed by atoms with E-state index in [4.69, 9.17) is 4.74 Å². The molecule has 0 bridgehead atoms. The van der Waals surface area contributed by atoms with Gasteiger partial charge in [-0.2, -0.15) is 11.3 Å². The van der Waals surface area contributed by atoms with Crippen LogP contribution in [0, 0.1) is 11.8 Å². The van der Waals surface area contributed by atoms with Crippen LogP contribution in [0.15, 0.2) is 81.3 Å². The number of thiophene rings is 2. The van der Waals surface area contributed by atoms with E-state index in [0.29, 0.717) is 6.61 Å².